The van der Waals surface area contributed by atoms with Crippen LogP contribution >= 0.6 is 11.6 Å². The summed E-state index contributed by atoms with van der Waals surface area (Å²) in [5.41, 5.74) is 6.38. The van der Waals surface area contributed by atoms with E-state index >= 15 is 0 Å². The number of rotatable bonds is 3. The van der Waals surface area contributed by atoms with E-state index in [0.717, 1.165) is 0 Å². The van der Waals surface area contributed by atoms with Crippen LogP contribution in [0.4, 0.5) is 20.2 Å². The molecule has 0 spiro atoms. The average Bonchev–Trinajstić information content (AvgIpc) is 2.34. The predicted octanol–water partition coefficient (Wildman–Crippen LogP) is 3.81. The van der Waals surface area contributed by atoms with Crippen molar-refractivity contribution < 1.29 is 8.78 Å². The smallest absolute Gasteiger partial charge is 0.148 e. The van der Waals surface area contributed by atoms with Crippen LogP contribution < -0.4 is 11.1 Å². The number of hydrogen-bond donors (Lipinski definition) is 2. The second-order valence-electron chi connectivity index (χ2n) is 3.83. The highest BCUT2D eigenvalue weighted by atomic mass is 35.5. The molecule has 5 heteroatoms. The Balaban J connectivity index is 2.11. The number of nitrogens with one attached hydrogen (secondary N) is 1. The zero-order valence-electron chi connectivity index (χ0n) is 9.38. The molecule has 2 aromatic rings. The molecule has 94 valence electrons. The van der Waals surface area contributed by atoms with E-state index in [4.69, 9.17) is 17.3 Å². The molecule has 0 heterocycles. The van der Waals surface area contributed by atoms with Crippen LogP contribution in [0.1, 0.15) is 5.56 Å². The fourth-order valence-corrected chi connectivity index (χ4v) is 1.71. The third-order valence-electron chi connectivity index (χ3n) is 2.49. The Kier molecular flexibility index (Phi) is 3.67. The van der Waals surface area contributed by atoms with E-state index in [1.807, 2.05) is 0 Å². The fraction of sp³-hybridized carbons (Fsp3) is 0.0769. The number of nitrogens with two attached hydrogens (primary N) is 1. The van der Waals surface area contributed by atoms with Gasteiger partial charge >= 0.3 is 0 Å². The van der Waals surface area contributed by atoms with Crippen LogP contribution in [-0.2, 0) is 6.54 Å². The maximum absolute atomic E-state index is 13.4. The zero-order chi connectivity index (χ0) is 13.1. The molecule has 2 rings (SSSR count). The second-order valence-corrected chi connectivity index (χ2v) is 4.26. The van der Waals surface area contributed by atoms with Gasteiger partial charge in [-0.15, -0.1) is 0 Å². The maximum atomic E-state index is 13.4. The second kappa shape index (κ2) is 5.23. The van der Waals surface area contributed by atoms with Gasteiger partial charge in [-0.3, -0.25) is 0 Å². The molecule has 0 aromatic heterocycles. The van der Waals surface area contributed by atoms with Gasteiger partial charge in [0.25, 0.3) is 0 Å². The van der Waals surface area contributed by atoms with Gasteiger partial charge in [0.2, 0.25) is 0 Å². The van der Waals surface area contributed by atoms with Crippen molar-refractivity contribution in [2.75, 3.05) is 11.1 Å². The molecular formula is C13H11ClF2N2. The number of benzene rings is 2. The molecule has 3 N–H and O–H groups in total. The summed E-state index contributed by atoms with van der Waals surface area (Å²) in [5.74, 6) is -0.866. The monoisotopic (exact) mass is 268 g/mol. The largest absolute Gasteiger partial charge is 0.396 e. The summed E-state index contributed by atoms with van der Waals surface area (Å²) in [4.78, 5) is 0. The fourth-order valence-electron chi connectivity index (χ4n) is 1.51. The zero-order valence-corrected chi connectivity index (χ0v) is 10.1. The summed E-state index contributed by atoms with van der Waals surface area (Å²) in [7, 11) is 0. The number of hydrogen-bond acceptors (Lipinski definition) is 2. The molecule has 0 fully saturated rings. The molecule has 0 saturated heterocycles. The van der Waals surface area contributed by atoms with Crippen molar-refractivity contribution >= 4 is 23.0 Å². The minimum absolute atomic E-state index is 0.0782. The molecule has 18 heavy (non-hydrogen) atoms. The molecule has 0 atom stereocenters. The Labute approximate surface area is 108 Å². The van der Waals surface area contributed by atoms with Crippen LogP contribution in [0.5, 0.6) is 0 Å². The summed E-state index contributed by atoms with van der Waals surface area (Å²) in [6.45, 7) is 0.218. The number of halogens is 3. The van der Waals surface area contributed by atoms with Crippen LogP contribution in [0.15, 0.2) is 36.4 Å². The lowest BCUT2D eigenvalue weighted by atomic mass is 10.2. The van der Waals surface area contributed by atoms with Gasteiger partial charge in [0.15, 0.2) is 0 Å². The van der Waals surface area contributed by atoms with Crippen molar-refractivity contribution in [2.24, 2.45) is 0 Å². The van der Waals surface area contributed by atoms with Crippen molar-refractivity contribution in [3.8, 4) is 0 Å². The van der Waals surface area contributed by atoms with Crippen LogP contribution in [0, 0.1) is 11.6 Å². The summed E-state index contributed by atoms with van der Waals surface area (Å²) in [5, 5.41) is 3.36. The van der Waals surface area contributed by atoms with E-state index in [9.17, 15) is 8.78 Å². The van der Waals surface area contributed by atoms with E-state index in [1.165, 1.54) is 30.3 Å². The van der Waals surface area contributed by atoms with E-state index in [2.05, 4.69) is 5.32 Å². The van der Waals surface area contributed by atoms with Crippen molar-refractivity contribution in [1.82, 2.24) is 0 Å². The average molecular weight is 269 g/mol. The highest BCUT2D eigenvalue weighted by molar-refractivity contribution is 6.30. The third kappa shape index (κ3) is 2.90. The Morgan fingerprint density at radius 2 is 1.83 bits per heavy atom. The van der Waals surface area contributed by atoms with Crippen molar-refractivity contribution in [2.45, 2.75) is 6.54 Å². The van der Waals surface area contributed by atoms with Crippen LogP contribution in [0.2, 0.25) is 5.02 Å². The molecule has 0 aliphatic carbocycles. The van der Waals surface area contributed by atoms with Gasteiger partial charge in [-0.05, 0) is 36.4 Å². The standard InChI is InChI=1S/C13H11ClF2N2/c14-9-1-3-11(15)8(5-9)7-18-10-2-4-13(17)12(16)6-10/h1-6,18H,7,17H2. The molecule has 2 nitrogen and oxygen atoms in total. The molecule has 0 amide bonds. The van der Waals surface area contributed by atoms with Gasteiger partial charge in [-0.2, -0.15) is 0 Å². The van der Waals surface area contributed by atoms with Crippen LogP contribution in [0.3, 0.4) is 0 Å². The SMILES string of the molecule is Nc1ccc(NCc2cc(Cl)ccc2F)cc1F. The number of nitrogen functional groups attached to an aromatic ring is 1. The highest BCUT2D eigenvalue weighted by Gasteiger charge is 2.04. The first-order valence-corrected chi connectivity index (χ1v) is 5.67. The lowest BCUT2D eigenvalue weighted by Gasteiger charge is -2.08. The molecular weight excluding hydrogens is 258 g/mol. The van der Waals surface area contributed by atoms with Gasteiger partial charge in [-0.1, -0.05) is 11.6 Å². The Morgan fingerprint density at radius 3 is 2.56 bits per heavy atom. The van der Waals surface area contributed by atoms with Gasteiger partial charge in [0.05, 0.1) is 5.69 Å². The summed E-state index contributed by atoms with van der Waals surface area (Å²) < 4.78 is 26.6. The highest BCUT2D eigenvalue weighted by Crippen LogP contribution is 2.19. The van der Waals surface area contributed by atoms with Gasteiger partial charge in [0, 0.05) is 22.8 Å². The molecule has 0 saturated carbocycles. The molecule has 0 aliphatic heterocycles. The van der Waals surface area contributed by atoms with E-state index in [0.29, 0.717) is 16.3 Å². The maximum Gasteiger partial charge on any atom is 0.148 e. The Hall–Kier alpha value is -1.81. The molecule has 2 aromatic carbocycles. The van der Waals surface area contributed by atoms with Gasteiger partial charge in [0.1, 0.15) is 11.6 Å². The normalized spacial score (nSPS) is 10.4. The quantitative estimate of drug-likeness (QED) is 0.831. The lowest BCUT2D eigenvalue weighted by molar-refractivity contribution is 0.613. The third-order valence-corrected chi connectivity index (χ3v) is 2.73. The van der Waals surface area contributed by atoms with Gasteiger partial charge < -0.3 is 11.1 Å². The predicted molar refractivity (Wildman–Crippen MR) is 69.5 cm³/mol. The van der Waals surface area contributed by atoms with E-state index < -0.39 is 5.82 Å². The summed E-state index contributed by atoms with van der Waals surface area (Å²) in [6.07, 6.45) is 0. The minimum atomic E-state index is -0.508. The van der Waals surface area contributed by atoms with Gasteiger partial charge in [-0.25, -0.2) is 8.78 Å². The first kappa shape index (κ1) is 12.6. The summed E-state index contributed by atoms with van der Waals surface area (Å²) in [6, 6.07) is 8.63. The molecule has 0 radical (unpaired) electrons. The molecule has 0 unspecified atom stereocenters. The van der Waals surface area contributed by atoms with Crippen molar-refractivity contribution in [3.05, 3.63) is 58.6 Å². The van der Waals surface area contributed by atoms with Crippen molar-refractivity contribution in [3.63, 3.8) is 0 Å². The minimum Gasteiger partial charge on any atom is -0.396 e. The first-order valence-electron chi connectivity index (χ1n) is 5.29. The lowest BCUT2D eigenvalue weighted by Crippen LogP contribution is -2.02. The number of anilines is 2. The van der Waals surface area contributed by atoms with Crippen molar-refractivity contribution in [1.29, 1.82) is 0 Å². The Morgan fingerprint density at radius 1 is 1.06 bits per heavy atom. The molecule has 0 aliphatic rings. The van der Waals surface area contributed by atoms with Crippen LogP contribution in [-0.4, -0.2) is 0 Å². The van der Waals surface area contributed by atoms with E-state index in [-0.39, 0.29) is 18.0 Å². The van der Waals surface area contributed by atoms with Crippen LogP contribution in [0.25, 0.3) is 0 Å². The Bertz CT molecular complexity index is 573. The van der Waals surface area contributed by atoms with E-state index in [1.54, 1.807) is 6.07 Å². The summed E-state index contributed by atoms with van der Waals surface area (Å²) >= 11 is 5.77. The molecule has 0 bridgehead atoms. The topological polar surface area (TPSA) is 38.0 Å². The first-order chi connectivity index (χ1) is 8.56.